The number of piperidine rings is 1. The Balaban J connectivity index is 1.23. The molecule has 2 aliphatic heterocycles. The van der Waals surface area contributed by atoms with Gasteiger partial charge in [-0.1, -0.05) is 44.2 Å². The summed E-state index contributed by atoms with van der Waals surface area (Å²) in [5.74, 6) is 1.89. The molecular formula is C34H49N9O2. The van der Waals surface area contributed by atoms with E-state index in [-0.39, 0.29) is 29.6 Å². The fourth-order valence-corrected chi connectivity index (χ4v) is 6.13. The number of aromatic nitrogens is 4. The molecule has 0 spiro atoms. The summed E-state index contributed by atoms with van der Waals surface area (Å²) in [7, 11) is 3.95. The predicted molar refractivity (Wildman–Crippen MR) is 178 cm³/mol. The molecule has 11 nitrogen and oxygen atoms in total. The number of hydrogen-bond donors (Lipinski definition) is 2. The molecule has 2 fully saturated rings. The van der Waals surface area contributed by atoms with Crippen LogP contribution in [-0.4, -0.2) is 93.9 Å². The molecule has 1 atom stereocenters. The summed E-state index contributed by atoms with van der Waals surface area (Å²) in [6.45, 7) is 8.56. The van der Waals surface area contributed by atoms with E-state index in [4.69, 9.17) is 15.7 Å². The number of Topliss-reactive ketones (excluding diaryl/α,β-unsaturated/α-hetero) is 1. The Kier molecular flexibility index (Phi) is 10.8. The van der Waals surface area contributed by atoms with E-state index in [1.807, 2.05) is 48.3 Å². The molecule has 3 aromatic rings. The molecule has 2 saturated heterocycles. The Bertz CT molecular complexity index is 1490. The van der Waals surface area contributed by atoms with E-state index in [1.54, 1.807) is 10.6 Å². The van der Waals surface area contributed by atoms with E-state index in [0.717, 1.165) is 67.7 Å². The molecule has 45 heavy (non-hydrogen) atoms. The minimum Gasteiger partial charge on any atom is -0.350 e. The van der Waals surface area contributed by atoms with Crippen LogP contribution in [0.3, 0.4) is 0 Å². The van der Waals surface area contributed by atoms with Gasteiger partial charge in [-0.25, -0.2) is 0 Å². The van der Waals surface area contributed by atoms with Crippen molar-refractivity contribution in [1.82, 2.24) is 29.4 Å². The van der Waals surface area contributed by atoms with Gasteiger partial charge in [-0.15, -0.1) is 0 Å². The van der Waals surface area contributed by atoms with Gasteiger partial charge in [0.2, 0.25) is 17.8 Å². The zero-order chi connectivity index (χ0) is 31.9. The first-order valence-corrected chi connectivity index (χ1v) is 16.4. The summed E-state index contributed by atoms with van der Waals surface area (Å²) < 4.78 is 1.79. The van der Waals surface area contributed by atoms with E-state index >= 15 is 0 Å². The standard InChI is InChI=1S/C34H49N9O2/c1-24(2)29-23-37-43-32(29)38-34(42-18-13-28(35)14-19-42)39-33(43)36-22-26-9-5-8-25(20-26)21-30(44)27-10-6-16-41(17-12-27)31(45)11-7-15-40(3)4/h5,7-9,11,20,23-24,27-28H,6,10,12-19,21-22,35H2,1-4H3,(H,36,38,39)/b11-7+. The van der Waals surface area contributed by atoms with Crippen LogP contribution in [0.15, 0.2) is 42.6 Å². The lowest BCUT2D eigenvalue weighted by Gasteiger charge is -2.30. The highest BCUT2D eigenvalue weighted by atomic mass is 16.2. The van der Waals surface area contributed by atoms with Crippen molar-refractivity contribution in [2.75, 3.05) is 57.0 Å². The van der Waals surface area contributed by atoms with Gasteiger partial charge in [0.15, 0.2) is 5.65 Å². The van der Waals surface area contributed by atoms with Crippen molar-refractivity contribution in [3.05, 3.63) is 59.3 Å². The second-order valence-electron chi connectivity index (χ2n) is 13.1. The lowest BCUT2D eigenvalue weighted by molar-refractivity contribution is -0.126. The van der Waals surface area contributed by atoms with Gasteiger partial charge in [-0.05, 0) is 63.2 Å². The van der Waals surface area contributed by atoms with Crippen LogP contribution in [0.2, 0.25) is 0 Å². The van der Waals surface area contributed by atoms with Crippen molar-refractivity contribution in [1.29, 1.82) is 0 Å². The number of nitrogens with one attached hydrogen (secondary N) is 1. The molecular weight excluding hydrogens is 566 g/mol. The average Bonchev–Trinajstić information content (AvgIpc) is 3.29. The molecule has 4 heterocycles. The second kappa shape index (κ2) is 15.0. The number of rotatable bonds is 11. The quantitative estimate of drug-likeness (QED) is 0.311. The third-order valence-electron chi connectivity index (χ3n) is 8.87. The Morgan fingerprint density at radius 2 is 1.84 bits per heavy atom. The number of hydrogen-bond acceptors (Lipinski definition) is 9. The highest BCUT2D eigenvalue weighted by Gasteiger charge is 2.25. The number of carbonyl (C=O) groups excluding carboxylic acids is 2. The van der Waals surface area contributed by atoms with E-state index < -0.39 is 0 Å². The second-order valence-corrected chi connectivity index (χ2v) is 13.1. The Morgan fingerprint density at radius 3 is 2.60 bits per heavy atom. The highest BCUT2D eigenvalue weighted by Crippen LogP contribution is 2.25. The molecule has 1 unspecified atom stereocenters. The molecule has 2 aliphatic rings. The first-order chi connectivity index (χ1) is 21.7. The summed E-state index contributed by atoms with van der Waals surface area (Å²) in [4.78, 5) is 41.9. The van der Waals surface area contributed by atoms with Crippen LogP contribution in [0.5, 0.6) is 0 Å². The number of amides is 1. The van der Waals surface area contributed by atoms with Crippen molar-refractivity contribution in [3.8, 4) is 0 Å². The lowest BCUT2D eigenvalue weighted by Crippen LogP contribution is -2.40. The zero-order valence-electron chi connectivity index (χ0n) is 27.3. The van der Waals surface area contributed by atoms with Gasteiger partial charge in [0.25, 0.3) is 0 Å². The van der Waals surface area contributed by atoms with Gasteiger partial charge in [-0.2, -0.15) is 19.6 Å². The Hall–Kier alpha value is -3.83. The molecule has 11 heteroatoms. The van der Waals surface area contributed by atoms with Gasteiger partial charge in [0, 0.05) is 69.3 Å². The van der Waals surface area contributed by atoms with Crippen LogP contribution in [0.25, 0.3) is 5.65 Å². The minimum atomic E-state index is -0.0256. The van der Waals surface area contributed by atoms with E-state index in [0.29, 0.717) is 44.4 Å². The highest BCUT2D eigenvalue weighted by molar-refractivity contribution is 5.88. The maximum atomic E-state index is 13.4. The smallest absolute Gasteiger partial charge is 0.246 e. The Morgan fingerprint density at radius 1 is 1.07 bits per heavy atom. The van der Waals surface area contributed by atoms with Crippen LogP contribution in [0, 0.1) is 5.92 Å². The maximum Gasteiger partial charge on any atom is 0.246 e. The summed E-state index contributed by atoms with van der Waals surface area (Å²) in [6, 6.07) is 8.42. The maximum absolute atomic E-state index is 13.4. The van der Waals surface area contributed by atoms with Crippen molar-refractivity contribution in [2.45, 2.75) is 70.9 Å². The normalized spacial score (nSPS) is 18.3. The van der Waals surface area contributed by atoms with Crippen molar-refractivity contribution < 1.29 is 9.59 Å². The van der Waals surface area contributed by atoms with Gasteiger partial charge in [-0.3, -0.25) is 9.59 Å². The molecule has 0 aliphatic carbocycles. The molecule has 5 rings (SSSR count). The number of nitrogens with two attached hydrogens (primary N) is 1. The van der Waals surface area contributed by atoms with Crippen molar-refractivity contribution in [3.63, 3.8) is 0 Å². The fourth-order valence-electron chi connectivity index (χ4n) is 6.13. The summed E-state index contributed by atoms with van der Waals surface area (Å²) >= 11 is 0. The van der Waals surface area contributed by atoms with Crippen LogP contribution in [0.1, 0.15) is 68.6 Å². The first kappa shape index (κ1) is 32.6. The minimum absolute atomic E-state index is 0.0256. The summed E-state index contributed by atoms with van der Waals surface area (Å²) in [5.41, 5.74) is 10.1. The third kappa shape index (κ3) is 8.46. The summed E-state index contributed by atoms with van der Waals surface area (Å²) in [6.07, 6.45) is 10.1. The topological polar surface area (TPSA) is 125 Å². The van der Waals surface area contributed by atoms with Gasteiger partial charge in [0.1, 0.15) is 5.78 Å². The number of likely N-dealkylation sites (N-methyl/N-ethyl adjacent to an activating group) is 1. The molecule has 2 aromatic heterocycles. The van der Waals surface area contributed by atoms with Crippen LogP contribution >= 0.6 is 0 Å². The van der Waals surface area contributed by atoms with Crippen LogP contribution in [-0.2, 0) is 22.6 Å². The largest absolute Gasteiger partial charge is 0.350 e. The SMILES string of the molecule is CC(C)c1cnn2c(NCc3cccc(CC(=O)C4CCCN(C(=O)/C=C/CN(C)C)CC4)c3)nc(N3CCC(N)CC3)nc12. The van der Waals surface area contributed by atoms with E-state index in [1.165, 1.54) is 0 Å². The van der Waals surface area contributed by atoms with Gasteiger partial charge >= 0.3 is 0 Å². The molecule has 1 amide bonds. The van der Waals surface area contributed by atoms with Crippen molar-refractivity contribution >= 4 is 29.2 Å². The zero-order valence-corrected chi connectivity index (χ0v) is 27.3. The monoisotopic (exact) mass is 615 g/mol. The van der Waals surface area contributed by atoms with Gasteiger partial charge in [0.05, 0.1) is 6.20 Å². The lowest BCUT2D eigenvalue weighted by atomic mass is 9.91. The van der Waals surface area contributed by atoms with E-state index in [9.17, 15) is 9.59 Å². The molecule has 1 aromatic carbocycles. The number of carbonyl (C=O) groups is 2. The number of likely N-dealkylation sites (tertiary alicyclic amines) is 1. The molecule has 242 valence electrons. The van der Waals surface area contributed by atoms with Crippen LogP contribution in [0.4, 0.5) is 11.9 Å². The average molecular weight is 616 g/mol. The molecule has 0 saturated carbocycles. The Labute approximate surface area is 266 Å². The number of anilines is 2. The predicted octanol–water partition coefficient (Wildman–Crippen LogP) is 3.65. The van der Waals surface area contributed by atoms with Crippen molar-refractivity contribution in [2.24, 2.45) is 11.7 Å². The number of ketones is 1. The number of benzene rings is 1. The molecule has 3 N–H and O–H groups in total. The van der Waals surface area contributed by atoms with Crippen LogP contribution < -0.4 is 16.0 Å². The summed E-state index contributed by atoms with van der Waals surface area (Å²) in [5, 5.41) is 8.12. The van der Waals surface area contributed by atoms with E-state index in [2.05, 4.69) is 41.3 Å². The fraction of sp³-hybridized carbons (Fsp3) is 0.559. The number of nitrogens with zero attached hydrogens (tertiary/aromatic N) is 7. The third-order valence-corrected chi connectivity index (χ3v) is 8.87. The first-order valence-electron chi connectivity index (χ1n) is 16.4. The molecule has 0 radical (unpaired) electrons. The molecule has 0 bridgehead atoms. The van der Waals surface area contributed by atoms with Gasteiger partial charge < -0.3 is 25.8 Å². The number of fused-ring (bicyclic) bond motifs is 1.